The second-order valence-electron chi connectivity index (χ2n) is 4.06. The summed E-state index contributed by atoms with van der Waals surface area (Å²) >= 11 is 0. The van der Waals surface area contributed by atoms with E-state index < -0.39 is 0 Å². The van der Waals surface area contributed by atoms with Crippen LogP contribution in [0.4, 0.5) is 0 Å². The molecule has 1 aromatic rings. The molecule has 0 unspecified atom stereocenters. The Bertz CT molecular complexity index is 354. The lowest BCUT2D eigenvalue weighted by Crippen LogP contribution is -2.22. The van der Waals surface area contributed by atoms with Gasteiger partial charge in [0.2, 0.25) is 5.88 Å². The molecule has 5 heteroatoms. The maximum Gasteiger partial charge on any atom is 0.254 e. The summed E-state index contributed by atoms with van der Waals surface area (Å²) in [6.45, 7) is 6.77. The Kier molecular flexibility index (Phi) is 3.85. The molecule has 5 nitrogen and oxygen atoms in total. The zero-order valence-corrected chi connectivity index (χ0v) is 9.24. The van der Waals surface area contributed by atoms with Crippen molar-refractivity contribution in [2.45, 2.75) is 26.4 Å². The van der Waals surface area contributed by atoms with Crippen molar-refractivity contribution in [2.24, 2.45) is 0 Å². The zero-order valence-electron chi connectivity index (χ0n) is 9.24. The van der Waals surface area contributed by atoms with Gasteiger partial charge in [-0.2, -0.15) is 0 Å². The van der Waals surface area contributed by atoms with Crippen molar-refractivity contribution in [3.63, 3.8) is 0 Å². The molecule has 0 fully saturated rings. The van der Waals surface area contributed by atoms with E-state index in [-0.39, 0.29) is 11.2 Å². The molecule has 0 atom stereocenters. The van der Waals surface area contributed by atoms with Crippen molar-refractivity contribution in [1.82, 2.24) is 9.97 Å². The minimum atomic E-state index is -0.225. The Morgan fingerprint density at radius 3 is 2.73 bits per heavy atom. The summed E-state index contributed by atoms with van der Waals surface area (Å²) in [5.41, 5.74) is -0.401. The molecule has 1 rings (SSSR count). The van der Waals surface area contributed by atoms with Crippen LogP contribution in [0.2, 0.25) is 0 Å². The highest BCUT2D eigenvalue weighted by Crippen LogP contribution is 2.06. The van der Waals surface area contributed by atoms with E-state index in [9.17, 15) is 4.79 Å². The molecular weight excluding hydrogens is 196 g/mol. The van der Waals surface area contributed by atoms with E-state index in [2.05, 4.69) is 9.97 Å². The van der Waals surface area contributed by atoms with Gasteiger partial charge < -0.3 is 14.5 Å². The van der Waals surface area contributed by atoms with Gasteiger partial charge in [0.05, 0.1) is 24.6 Å². The van der Waals surface area contributed by atoms with E-state index in [1.165, 1.54) is 12.4 Å². The quantitative estimate of drug-likeness (QED) is 0.755. The first kappa shape index (κ1) is 11.7. The maximum atomic E-state index is 10.9. The third kappa shape index (κ3) is 5.17. The fourth-order valence-electron chi connectivity index (χ4n) is 0.924. The fourth-order valence-corrected chi connectivity index (χ4v) is 0.924. The molecule has 0 saturated carbocycles. The molecule has 0 amide bonds. The Labute approximate surface area is 88.4 Å². The summed E-state index contributed by atoms with van der Waals surface area (Å²) in [5, 5.41) is 0. The molecule has 84 valence electrons. The van der Waals surface area contributed by atoms with Gasteiger partial charge in [0, 0.05) is 0 Å². The van der Waals surface area contributed by atoms with Crippen LogP contribution in [0.25, 0.3) is 0 Å². The van der Waals surface area contributed by atoms with Gasteiger partial charge in [-0.15, -0.1) is 0 Å². The first-order valence-electron chi connectivity index (χ1n) is 4.79. The molecular formula is C10H16N2O3. The molecule has 0 saturated heterocycles. The number of aromatic amines is 1. The number of nitrogens with one attached hydrogen (secondary N) is 1. The second kappa shape index (κ2) is 4.93. The minimum absolute atomic E-state index is 0.176. The summed E-state index contributed by atoms with van der Waals surface area (Å²) in [4.78, 5) is 17.1. The highest BCUT2D eigenvalue weighted by atomic mass is 16.5. The van der Waals surface area contributed by atoms with Crippen LogP contribution in [-0.4, -0.2) is 28.8 Å². The van der Waals surface area contributed by atoms with E-state index in [0.717, 1.165) is 0 Å². The molecule has 0 aliphatic rings. The van der Waals surface area contributed by atoms with Crippen molar-refractivity contribution < 1.29 is 9.47 Å². The lowest BCUT2D eigenvalue weighted by Gasteiger charge is -2.19. The van der Waals surface area contributed by atoms with E-state index >= 15 is 0 Å². The zero-order chi connectivity index (χ0) is 11.3. The van der Waals surface area contributed by atoms with Gasteiger partial charge in [0.15, 0.2) is 0 Å². The van der Waals surface area contributed by atoms with E-state index in [1.54, 1.807) is 0 Å². The molecule has 0 aliphatic carbocycles. The third-order valence-electron chi connectivity index (χ3n) is 1.52. The minimum Gasteiger partial charge on any atom is -0.475 e. The lowest BCUT2D eigenvalue weighted by molar-refractivity contribution is -0.0168. The summed E-state index contributed by atoms with van der Waals surface area (Å²) in [5.74, 6) is 0.316. The van der Waals surface area contributed by atoms with Crippen LogP contribution in [0.15, 0.2) is 17.2 Å². The maximum absolute atomic E-state index is 10.9. The van der Waals surface area contributed by atoms with Crippen LogP contribution in [-0.2, 0) is 4.74 Å². The highest BCUT2D eigenvalue weighted by molar-refractivity contribution is 5.04. The van der Waals surface area contributed by atoms with Crippen molar-refractivity contribution in [3.8, 4) is 5.88 Å². The fraction of sp³-hybridized carbons (Fsp3) is 0.600. The average Bonchev–Trinajstić information content (AvgIpc) is 2.11. The lowest BCUT2D eigenvalue weighted by atomic mass is 10.2. The number of rotatable bonds is 4. The van der Waals surface area contributed by atoms with Crippen molar-refractivity contribution >= 4 is 0 Å². The van der Waals surface area contributed by atoms with Crippen LogP contribution < -0.4 is 10.3 Å². The van der Waals surface area contributed by atoms with Gasteiger partial charge in [-0.3, -0.25) is 4.79 Å². The molecule has 1 aromatic heterocycles. The molecule has 1 N–H and O–H groups in total. The van der Waals surface area contributed by atoms with Crippen LogP contribution in [0.5, 0.6) is 5.88 Å². The number of H-pyrrole nitrogens is 1. The molecule has 1 heterocycles. The normalized spacial score (nSPS) is 11.4. The van der Waals surface area contributed by atoms with E-state index in [0.29, 0.717) is 19.1 Å². The van der Waals surface area contributed by atoms with Crippen molar-refractivity contribution in [3.05, 3.63) is 22.7 Å². The number of hydrogen-bond acceptors (Lipinski definition) is 4. The summed E-state index contributed by atoms with van der Waals surface area (Å²) in [6.07, 6.45) is 1.31. The number of nitrogens with zero attached hydrogens (tertiary/aromatic N) is 1. The van der Waals surface area contributed by atoms with Gasteiger partial charge in [-0.05, 0) is 20.8 Å². The predicted octanol–water partition coefficient (Wildman–Crippen LogP) is 0.964. The number of hydrogen-bond donors (Lipinski definition) is 1. The molecule has 0 spiro atoms. The molecule has 0 bridgehead atoms. The summed E-state index contributed by atoms with van der Waals surface area (Å²) < 4.78 is 10.7. The van der Waals surface area contributed by atoms with Crippen LogP contribution in [0, 0.1) is 0 Å². The van der Waals surface area contributed by atoms with Crippen molar-refractivity contribution in [1.29, 1.82) is 0 Å². The standard InChI is InChI=1S/C10H16N2O3/c1-10(2,3)15-5-4-14-9-6-8(13)11-7-12-9/h6-7H,4-5H2,1-3H3,(H,11,12,13). The largest absolute Gasteiger partial charge is 0.475 e. The Hall–Kier alpha value is -1.36. The van der Waals surface area contributed by atoms with Gasteiger partial charge >= 0.3 is 0 Å². The summed E-state index contributed by atoms with van der Waals surface area (Å²) in [7, 11) is 0. The number of ether oxygens (including phenoxy) is 2. The Morgan fingerprint density at radius 2 is 2.13 bits per heavy atom. The SMILES string of the molecule is CC(C)(C)OCCOc1cc(=O)[nH]cn1. The first-order valence-corrected chi connectivity index (χ1v) is 4.79. The Balaban J connectivity index is 2.29. The van der Waals surface area contributed by atoms with Crippen molar-refractivity contribution in [2.75, 3.05) is 13.2 Å². The van der Waals surface area contributed by atoms with Gasteiger partial charge in [0.25, 0.3) is 5.56 Å². The van der Waals surface area contributed by atoms with E-state index in [4.69, 9.17) is 9.47 Å². The van der Waals surface area contributed by atoms with Crippen LogP contribution >= 0.6 is 0 Å². The topological polar surface area (TPSA) is 64.2 Å². The summed E-state index contributed by atoms with van der Waals surface area (Å²) in [6, 6.07) is 1.30. The monoisotopic (exact) mass is 212 g/mol. The number of aromatic nitrogens is 2. The average molecular weight is 212 g/mol. The van der Waals surface area contributed by atoms with E-state index in [1.807, 2.05) is 20.8 Å². The predicted molar refractivity (Wildman–Crippen MR) is 56.1 cm³/mol. The molecule has 0 radical (unpaired) electrons. The second-order valence-corrected chi connectivity index (χ2v) is 4.06. The van der Waals surface area contributed by atoms with Gasteiger partial charge in [0.1, 0.15) is 6.61 Å². The highest BCUT2D eigenvalue weighted by Gasteiger charge is 2.09. The van der Waals surface area contributed by atoms with Gasteiger partial charge in [-0.25, -0.2) is 4.98 Å². The van der Waals surface area contributed by atoms with Gasteiger partial charge in [-0.1, -0.05) is 0 Å². The smallest absolute Gasteiger partial charge is 0.254 e. The van der Waals surface area contributed by atoms with Crippen LogP contribution in [0.3, 0.4) is 0 Å². The Morgan fingerprint density at radius 1 is 1.40 bits per heavy atom. The molecule has 15 heavy (non-hydrogen) atoms. The molecule has 0 aromatic carbocycles. The first-order chi connectivity index (χ1) is 6.97. The molecule has 0 aliphatic heterocycles. The third-order valence-corrected chi connectivity index (χ3v) is 1.52. The van der Waals surface area contributed by atoms with Crippen LogP contribution in [0.1, 0.15) is 20.8 Å².